The smallest absolute Gasteiger partial charge is 0.250 e. The number of nitrogens with zero attached hydrogens (tertiary/aromatic N) is 2. The Morgan fingerprint density at radius 3 is 2.75 bits per heavy atom. The summed E-state index contributed by atoms with van der Waals surface area (Å²) in [5.41, 5.74) is 0.949. The predicted octanol–water partition coefficient (Wildman–Crippen LogP) is 1.34. The standard InChI is InChI=1S/C12H20BrN3O2S2/c1-9-6-11(19-12(9)13)20(17,18)14-7-10-8-15(2)4-5-16(10)3/h6,10,14H,4-5,7-8H2,1-3H3. The molecule has 1 saturated heterocycles. The molecule has 2 heterocycles. The fraction of sp³-hybridized carbons (Fsp3) is 0.667. The molecule has 8 heteroatoms. The summed E-state index contributed by atoms with van der Waals surface area (Å²) >= 11 is 4.62. The van der Waals surface area contributed by atoms with E-state index in [0.717, 1.165) is 29.0 Å². The highest BCUT2D eigenvalue weighted by Gasteiger charge is 2.25. The van der Waals surface area contributed by atoms with Crippen LogP contribution in [0.4, 0.5) is 0 Å². The van der Waals surface area contributed by atoms with E-state index in [1.54, 1.807) is 6.07 Å². The lowest BCUT2D eigenvalue weighted by atomic mass is 10.2. The van der Waals surface area contributed by atoms with Crippen LogP contribution in [0.5, 0.6) is 0 Å². The first kappa shape index (κ1) is 16.4. The summed E-state index contributed by atoms with van der Waals surface area (Å²) in [6, 6.07) is 1.92. The van der Waals surface area contributed by atoms with Gasteiger partial charge >= 0.3 is 0 Å². The van der Waals surface area contributed by atoms with E-state index in [1.165, 1.54) is 11.3 Å². The van der Waals surface area contributed by atoms with E-state index >= 15 is 0 Å². The zero-order valence-corrected chi connectivity index (χ0v) is 15.1. The van der Waals surface area contributed by atoms with Crippen LogP contribution in [0, 0.1) is 6.92 Å². The third kappa shape index (κ3) is 3.80. The van der Waals surface area contributed by atoms with Crippen molar-refractivity contribution in [3.63, 3.8) is 0 Å². The molecule has 5 nitrogen and oxygen atoms in total. The van der Waals surface area contributed by atoms with Crippen molar-refractivity contribution < 1.29 is 8.42 Å². The van der Waals surface area contributed by atoms with Gasteiger partial charge in [-0.2, -0.15) is 0 Å². The van der Waals surface area contributed by atoms with Gasteiger partial charge in [-0.1, -0.05) is 0 Å². The summed E-state index contributed by atoms with van der Waals surface area (Å²) in [6.45, 7) is 5.21. The molecule has 2 rings (SSSR count). The van der Waals surface area contributed by atoms with Crippen molar-refractivity contribution in [2.24, 2.45) is 0 Å². The summed E-state index contributed by atoms with van der Waals surface area (Å²) < 4.78 is 28.5. The largest absolute Gasteiger partial charge is 0.303 e. The number of thiophene rings is 1. The number of sulfonamides is 1. The molecule has 20 heavy (non-hydrogen) atoms. The predicted molar refractivity (Wildman–Crippen MR) is 85.9 cm³/mol. The second-order valence-corrected chi connectivity index (χ2v) is 9.63. The SMILES string of the molecule is Cc1cc(S(=O)(=O)NCC2CN(C)CCN2C)sc1Br. The molecule has 0 bridgehead atoms. The number of aryl methyl sites for hydroxylation is 1. The van der Waals surface area contributed by atoms with Crippen molar-refractivity contribution in [1.29, 1.82) is 0 Å². The van der Waals surface area contributed by atoms with Gasteiger partial charge in [0.1, 0.15) is 4.21 Å². The highest BCUT2D eigenvalue weighted by atomic mass is 79.9. The van der Waals surface area contributed by atoms with Crippen LogP contribution in [0.25, 0.3) is 0 Å². The van der Waals surface area contributed by atoms with Gasteiger partial charge in [0, 0.05) is 32.2 Å². The molecule has 0 radical (unpaired) electrons. The van der Waals surface area contributed by atoms with Gasteiger partial charge < -0.3 is 4.90 Å². The molecule has 0 amide bonds. The normalized spacial score (nSPS) is 22.3. The first-order chi connectivity index (χ1) is 9.29. The fourth-order valence-corrected chi connectivity index (χ4v) is 5.51. The Kier molecular flexibility index (Phi) is 5.25. The van der Waals surface area contributed by atoms with Gasteiger partial charge in [-0.3, -0.25) is 4.90 Å². The molecule has 1 fully saturated rings. The average Bonchev–Trinajstić information content (AvgIpc) is 2.72. The highest BCUT2D eigenvalue weighted by molar-refractivity contribution is 9.11. The Labute approximate surface area is 133 Å². The molecule has 1 aliphatic heterocycles. The minimum Gasteiger partial charge on any atom is -0.303 e. The van der Waals surface area contributed by atoms with E-state index in [1.807, 2.05) is 14.0 Å². The number of hydrogen-bond donors (Lipinski definition) is 1. The third-order valence-electron chi connectivity index (χ3n) is 3.59. The zero-order chi connectivity index (χ0) is 14.9. The van der Waals surface area contributed by atoms with Crippen LogP contribution in [-0.4, -0.2) is 64.5 Å². The minimum atomic E-state index is -3.41. The molecule has 0 saturated carbocycles. The van der Waals surface area contributed by atoms with Crippen LogP contribution in [0.1, 0.15) is 5.56 Å². The Morgan fingerprint density at radius 1 is 1.45 bits per heavy atom. The van der Waals surface area contributed by atoms with Crippen molar-refractivity contribution in [1.82, 2.24) is 14.5 Å². The number of hydrogen-bond acceptors (Lipinski definition) is 5. The fourth-order valence-electron chi connectivity index (χ4n) is 2.16. The molecule has 0 spiro atoms. The van der Waals surface area contributed by atoms with Gasteiger partial charge in [-0.05, 0) is 48.6 Å². The quantitative estimate of drug-likeness (QED) is 0.854. The number of likely N-dealkylation sites (N-methyl/N-ethyl adjacent to an activating group) is 2. The summed E-state index contributed by atoms with van der Waals surface area (Å²) in [6.07, 6.45) is 0. The van der Waals surface area contributed by atoms with Gasteiger partial charge in [0.2, 0.25) is 10.0 Å². The van der Waals surface area contributed by atoms with E-state index in [0.29, 0.717) is 10.8 Å². The van der Waals surface area contributed by atoms with Gasteiger partial charge in [0.05, 0.1) is 3.79 Å². The molecule has 0 aromatic carbocycles. The molecule has 114 valence electrons. The zero-order valence-electron chi connectivity index (χ0n) is 11.9. The first-order valence-corrected chi connectivity index (χ1v) is 9.53. The summed E-state index contributed by atoms with van der Waals surface area (Å²) in [4.78, 5) is 4.43. The first-order valence-electron chi connectivity index (χ1n) is 6.44. The highest BCUT2D eigenvalue weighted by Crippen LogP contribution is 2.30. The Morgan fingerprint density at radius 2 is 2.15 bits per heavy atom. The summed E-state index contributed by atoms with van der Waals surface area (Å²) in [5, 5.41) is 0. The van der Waals surface area contributed by atoms with Gasteiger partial charge in [0.15, 0.2) is 0 Å². The second kappa shape index (κ2) is 6.41. The average molecular weight is 382 g/mol. The molecular formula is C12H20BrN3O2S2. The molecule has 1 unspecified atom stereocenters. The van der Waals surface area contributed by atoms with Gasteiger partial charge in [-0.15, -0.1) is 11.3 Å². The van der Waals surface area contributed by atoms with Crippen LogP contribution in [-0.2, 0) is 10.0 Å². The van der Waals surface area contributed by atoms with Crippen molar-refractivity contribution in [2.45, 2.75) is 17.2 Å². The third-order valence-corrected chi connectivity index (χ3v) is 7.62. The van der Waals surface area contributed by atoms with E-state index < -0.39 is 10.0 Å². The molecule has 1 aliphatic rings. The van der Waals surface area contributed by atoms with Crippen LogP contribution >= 0.6 is 27.3 Å². The maximum atomic E-state index is 12.3. The monoisotopic (exact) mass is 381 g/mol. The van der Waals surface area contributed by atoms with E-state index in [9.17, 15) is 8.42 Å². The molecule has 0 aliphatic carbocycles. The summed E-state index contributed by atoms with van der Waals surface area (Å²) in [7, 11) is 0.694. The van der Waals surface area contributed by atoms with Gasteiger partial charge in [0.25, 0.3) is 0 Å². The van der Waals surface area contributed by atoms with Crippen molar-refractivity contribution in [2.75, 3.05) is 40.3 Å². The van der Waals surface area contributed by atoms with Crippen molar-refractivity contribution in [3.8, 4) is 0 Å². The van der Waals surface area contributed by atoms with Gasteiger partial charge in [-0.25, -0.2) is 13.1 Å². The maximum Gasteiger partial charge on any atom is 0.250 e. The number of halogens is 1. The molecule has 1 aromatic heterocycles. The molecule has 1 N–H and O–H groups in total. The van der Waals surface area contributed by atoms with Crippen LogP contribution < -0.4 is 4.72 Å². The Balaban J connectivity index is 2.02. The topological polar surface area (TPSA) is 52.7 Å². The van der Waals surface area contributed by atoms with E-state index in [2.05, 4.69) is 37.5 Å². The Hall–Kier alpha value is 0.01000. The second-order valence-electron chi connectivity index (χ2n) is 5.27. The minimum absolute atomic E-state index is 0.216. The van der Waals surface area contributed by atoms with Crippen molar-refractivity contribution >= 4 is 37.3 Å². The maximum absolute atomic E-state index is 12.3. The lowest BCUT2D eigenvalue weighted by Crippen LogP contribution is -2.54. The van der Waals surface area contributed by atoms with E-state index in [-0.39, 0.29) is 6.04 Å². The Bertz CT molecular complexity index is 554. The molecular weight excluding hydrogens is 362 g/mol. The lowest BCUT2D eigenvalue weighted by Gasteiger charge is -2.37. The number of nitrogens with one attached hydrogen (secondary N) is 1. The molecule has 1 aromatic rings. The van der Waals surface area contributed by atoms with E-state index in [4.69, 9.17) is 0 Å². The summed E-state index contributed by atoms with van der Waals surface area (Å²) in [5.74, 6) is 0. The van der Waals surface area contributed by atoms with Crippen LogP contribution in [0.2, 0.25) is 0 Å². The molecule has 1 atom stereocenters. The van der Waals surface area contributed by atoms with Crippen LogP contribution in [0.15, 0.2) is 14.1 Å². The number of rotatable bonds is 4. The lowest BCUT2D eigenvalue weighted by molar-refractivity contribution is 0.117. The van der Waals surface area contributed by atoms with Crippen molar-refractivity contribution in [3.05, 3.63) is 15.4 Å². The van der Waals surface area contributed by atoms with Crippen LogP contribution in [0.3, 0.4) is 0 Å². The number of piperazine rings is 1.